The van der Waals surface area contributed by atoms with Gasteiger partial charge in [0.2, 0.25) is 0 Å². The quantitative estimate of drug-likeness (QED) is 0.407. The van der Waals surface area contributed by atoms with Gasteiger partial charge in [-0.05, 0) is 11.5 Å². The third-order valence-corrected chi connectivity index (χ3v) is 9.36. The van der Waals surface area contributed by atoms with Crippen LogP contribution in [0.3, 0.4) is 0 Å². The summed E-state index contributed by atoms with van der Waals surface area (Å²) in [5.41, 5.74) is 0. The van der Waals surface area contributed by atoms with Gasteiger partial charge in [0.25, 0.3) is 0 Å². The Morgan fingerprint density at radius 1 is 0.800 bits per heavy atom. The average Bonchev–Trinajstić information content (AvgIpc) is 2.35. The third-order valence-electron chi connectivity index (χ3n) is 2.47. The molecule has 0 spiro atoms. The van der Waals surface area contributed by atoms with Gasteiger partial charge in [0.1, 0.15) is 0 Å². The second-order valence-electron chi connectivity index (χ2n) is 4.98. The molecule has 0 bridgehead atoms. The Balaban J connectivity index is 4.47. The van der Waals surface area contributed by atoms with Gasteiger partial charge in [0, 0.05) is 44.0 Å². The van der Waals surface area contributed by atoms with Crippen molar-refractivity contribution < 1.29 is 0 Å². The first-order chi connectivity index (χ1) is 9.45. The Hall–Kier alpha value is 2.10. The average molecular weight is 391 g/mol. The van der Waals surface area contributed by atoms with Crippen LogP contribution in [-0.4, -0.2) is 55.5 Å². The third kappa shape index (κ3) is 11.6. The Kier molecular flexibility index (Phi) is 15.0. The van der Waals surface area contributed by atoms with Crippen molar-refractivity contribution in [3.63, 3.8) is 0 Å². The summed E-state index contributed by atoms with van der Waals surface area (Å²) in [6.07, 6.45) is 0. The summed E-state index contributed by atoms with van der Waals surface area (Å²) in [4.78, 5) is 0. The monoisotopic (exact) mass is 390 g/mol. The molecular weight excluding hydrogens is 361 g/mol. The highest BCUT2D eigenvalue weighted by atomic mass is 32.2. The number of thioether (sulfide) groups is 4. The van der Waals surface area contributed by atoms with Gasteiger partial charge < -0.3 is 0 Å². The van der Waals surface area contributed by atoms with Crippen LogP contribution >= 0.6 is 72.3 Å². The van der Waals surface area contributed by atoms with Crippen LogP contribution in [0.25, 0.3) is 0 Å². The molecular formula is C14H30S6. The van der Waals surface area contributed by atoms with Crippen LogP contribution < -0.4 is 0 Å². The van der Waals surface area contributed by atoms with E-state index in [2.05, 4.69) is 100 Å². The highest BCUT2D eigenvalue weighted by Gasteiger charge is 2.30. The summed E-state index contributed by atoms with van der Waals surface area (Å²) in [6.45, 7) is 8.91. The largest absolute Gasteiger partial charge is 0.175 e. The van der Waals surface area contributed by atoms with Crippen LogP contribution in [0.2, 0.25) is 0 Å². The molecule has 0 aliphatic heterocycles. The summed E-state index contributed by atoms with van der Waals surface area (Å²) >= 11 is 17.4. The molecule has 0 fully saturated rings. The predicted molar refractivity (Wildman–Crippen MR) is 115 cm³/mol. The van der Waals surface area contributed by atoms with Crippen molar-refractivity contribution in [2.45, 2.75) is 42.9 Å². The fourth-order valence-corrected chi connectivity index (χ4v) is 7.91. The predicted octanol–water partition coefficient (Wildman–Crippen LogP) is 5.33. The molecule has 0 radical (unpaired) electrons. The maximum absolute atomic E-state index is 4.50. The molecule has 2 unspecified atom stereocenters. The van der Waals surface area contributed by atoms with E-state index in [9.17, 15) is 0 Å². The van der Waals surface area contributed by atoms with Crippen molar-refractivity contribution in [2.75, 3.05) is 40.3 Å². The van der Waals surface area contributed by atoms with Crippen LogP contribution in [0, 0.1) is 0 Å². The normalized spacial score (nSPS) is 17.7. The van der Waals surface area contributed by atoms with E-state index in [1.165, 1.54) is 28.8 Å². The number of hydrogen-bond acceptors (Lipinski definition) is 6. The van der Waals surface area contributed by atoms with Crippen molar-refractivity contribution in [1.29, 1.82) is 0 Å². The maximum atomic E-state index is 4.50. The minimum atomic E-state index is 0.413. The summed E-state index contributed by atoms with van der Waals surface area (Å²) in [5, 5.41) is 0.988. The summed E-state index contributed by atoms with van der Waals surface area (Å²) in [7, 11) is 0. The molecule has 0 N–H and O–H groups in total. The van der Waals surface area contributed by atoms with Crippen molar-refractivity contribution in [3.8, 4) is 0 Å². The van der Waals surface area contributed by atoms with E-state index in [1.807, 2.05) is 0 Å². The molecule has 0 aromatic carbocycles. The fourth-order valence-electron chi connectivity index (χ4n) is 1.68. The maximum Gasteiger partial charge on any atom is 0.0430 e. The van der Waals surface area contributed by atoms with E-state index in [-0.39, 0.29) is 0 Å². The van der Waals surface area contributed by atoms with Crippen molar-refractivity contribution in [3.05, 3.63) is 0 Å². The Morgan fingerprint density at radius 3 is 1.60 bits per heavy atom. The SMILES string of the molecule is CCSCC(CSCC(C)S)(CSCC(C)S)SCC. The molecule has 2 atom stereocenters. The molecule has 0 saturated heterocycles. The minimum Gasteiger partial charge on any atom is -0.175 e. The molecule has 0 aliphatic rings. The van der Waals surface area contributed by atoms with Crippen molar-refractivity contribution in [2.24, 2.45) is 0 Å². The Bertz CT molecular complexity index is 206. The van der Waals surface area contributed by atoms with Gasteiger partial charge in [-0.2, -0.15) is 72.3 Å². The van der Waals surface area contributed by atoms with Gasteiger partial charge in [0.15, 0.2) is 0 Å². The minimum absolute atomic E-state index is 0.413. The van der Waals surface area contributed by atoms with E-state index >= 15 is 0 Å². The zero-order valence-electron chi connectivity index (χ0n) is 13.1. The summed E-state index contributed by atoms with van der Waals surface area (Å²) in [6, 6.07) is 0. The molecule has 0 aliphatic carbocycles. The standard InChI is InChI=1S/C14H30S6/c1-5-17-9-14(20-6-2,10-18-7-12(3)15)11-19-8-13(4)16/h12-13,15-16H,5-11H2,1-4H3. The first-order valence-electron chi connectivity index (χ1n) is 7.19. The molecule has 0 aromatic heterocycles. The van der Waals surface area contributed by atoms with Gasteiger partial charge >= 0.3 is 0 Å². The van der Waals surface area contributed by atoms with E-state index in [1.54, 1.807) is 0 Å². The highest BCUT2D eigenvalue weighted by molar-refractivity contribution is 8.07. The molecule has 6 heteroatoms. The van der Waals surface area contributed by atoms with Crippen LogP contribution in [0.5, 0.6) is 0 Å². The van der Waals surface area contributed by atoms with Crippen molar-refractivity contribution in [1.82, 2.24) is 0 Å². The lowest BCUT2D eigenvalue weighted by atomic mass is 10.2. The fraction of sp³-hybridized carbons (Fsp3) is 1.00. The first kappa shape index (κ1) is 22.1. The molecule has 0 saturated carbocycles. The molecule has 0 aromatic rings. The topological polar surface area (TPSA) is 0 Å². The van der Waals surface area contributed by atoms with Gasteiger partial charge in [-0.15, -0.1) is 0 Å². The van der Waals surface area contributed by atoms with Gasteiger partial charge in [-0.3, -0.25) is 0 Å². The van der Waals surface area contributed by atoms with E-state index < -0.39 is 0 Å². The lowest BCUT2D eigenvalue weighted by Crippen LogP contribution is -2.35. The first-order valence-corrected chi connectivity index (χ1v) is 12.7. The van der Waals surface area contributed by atoms with Crippen molar-refractivity contribution >= 4 is 72.3 Å². The summed E-state index contributed by atoms with van der Waals surface area (Å²) in [5.74, 6) is 8.49. The molecule has 0 heterocycles. The number of hydrogen-bond donors (Lipinski definition) is 2. The second kappa shape index (κ2) is 13.5. The lowest BCUT2D eigenvalue weighted by molar-refractivity contribution is 0.842. The van der Waals surface area contributed by atoms with Gasteiger partial charge in [0.05, 0.1) is 0 Å². The zero-order chi connectivity index (χ0) is 15.4. The summed E-state index contributed by atoms with van der Waals surface area (Å²) < 4.78 is 0.413. The molecule has 20 heavy (non-hydrogen) atoms. The zero-order valence-corrected chi connectivity index (χ0v) is 18.2. The number of rotatable bonds is 13. The Labute approximate surface area is 154 Å². The van der Waals surface area contributed by atoms with Crippen LogP contribution in [-0.2, 0) is 0 Å². The molecule has 0 rings (SSSR count). The Morgan fingerprint density at radius 2 is 1.25 bits per heavy atom. The smallest absolute Gasteiger partial charge is 0.0430 e. The van der Waals surface area contributed by atoms with Crippen LogP contribution in [0.1, 0.15) is 27.7 Å². The van der Waals surface area contributed by atoms with E-state index in [0.717, 1.165) is 11.5 Å². The van der Waals surface area contributed by atoms with E-state index in [0.29, 0.717) is 15.2 Å². The lowest BCUT2D eigenvalue weighted by Gasteiger charge is -2.33. The number of thiol groups is 2. The molecule has 0 nitrogen and oxygen atoms in total. The molecule has 122 valence electrons. The highest BCUT2D eigenvalue weighted by Crippen LogP contribution is 2.36. The van der Waals surface area contributed by atoms with Gasteiger partial charge in [-0.1, -0.05) is 27.7 Å². The van der Waals surface area contributed by atoms with Gasteiger partial charge in [-0.25, -0.2) is 0 Å². The second-order valence-corrected chi connectivity index (χ2v) is 11.8. The van der Waals surface area contributed by atoms with Crippen LogP contribution in [0.4, 0.5) is 0 Å². The molecule has 0 amide bonds. The van der Waals surface area contributed by atoms with Crippen LogP contribution in [0.15, 0.2) is 0 Å². The van der Waals surface area contributed by atoms with E-state index in [4.69, 9.17) is 0 Å².